The molecular weight excluding hydrogens is 246 g/mol. The first kappa shape index (κ1) is 13.2. The maximum Gasteiger partial charge on any atom is 0.416 e. The number of carboxylic acids is 1. The Morgan fingerprint density at radius 2 is 1.88 bits per heavy atom. The number of carboxylic acid groups (broad SMARTS) is 1. The minimum Gasteiger partial charge on any atom is -0.479 e. The molecule has 94 valence electrons. The number of benzene rings is 1. The third-order valence-corrected chi connectivity index (χ3v) is 1.98. The van der Waals surface area contributed by atoms with Crippen molar-refractivity contribution in [1.82, 2.24) is 0 Å². The van der Waals surface area contributed by atoms with Crippen LogP contribution in [0.2, 0.25) is 0 Å². The molecule has 0 heterocycles. The van der Waals surface area contributed by atoms with Crippen LogP contribution in [0.5, 0.6) is 0 Å². The highest BCUT2D eigenvalue weighted by atomic mass is 19.4. The molecule has 0 bridgehead atoms. The molecule has 0 saturated carbocycles. The van der Waals surface area contributed by atoms with Gasteiger partial charge in [-0.1, -0.05) is 0 Å². The lowest BCUT2D eigenvalue weighted by Crippen LogP contribution is -2.16. The predicted octanol–water partition coefficient (Wildman–Crippen LogP) is 1.54. The highest BCUT2D eigenvalue weighted by Crippen LogP contribution is 2.34. The number of aliphatic hydroxyl groups is 1. The molecule has 0 aromatic heterocycles. The van der Waals surface area contributed by atoms with Crippen molar-refractivity contribution in [3.63, 3.8) is 0 Å². The van der Waals surface area contributed by atoms with Crippen LogP contribution in [0, 0.1) is 5.82 Å². The zero-order chi connectivity index (χ0) is 13.4. The molecule has 0 aliphatic rings. The summed E-state index contributed by atoms with van der Waals surface area (Å²) in [5.41, 5.74) is 1.75. The van der Waals surface area contributed by atoms with Crippen molar-refractivity contribution in [2.75, 3.05) is 5.73 Å². The topological polar surface area (TPSA) is 83.5 Å². The van der Waals surface area contributed by atoms with Gasteiger partial charge in [0.15, 0.2) is 11.9 Å². The Labute approximate surface area is 92.3 Å². The molecule has 1 aromatic rings. The minimum atomic E-state index is -4.81. The van der Waals surface area contributed by atoms with Gasteiger partial charge in [0.2, 0.25) is 0 Å². The number of rotatable bonds is 2. The number of hydrogen-bond donors (Lipinski definition) is 3. The maximum absolute atomic E-state index is 13.3. The molecule has 0 saturated heterocycles. The van der Waals surface area contributed by atoms with Crippen LogP contribution in [0.1, 0.15) is 17.2 Å². The first-order valence-corrected chi connectivity index (χ1v) is 4.21. The van der Waals surface area contributed by atoms with Crippen LogP contribution in [-0.2, 0) is 11.0 Å². The Kier molecular flexibility index (Phi) is 3.28. The number of anilines is 1. The van der Waals surface area contributed by atoms with Crippen LogP contribution in [0.3, 0.4) is 0 Å². The van der Waals surface area contributed by atoms with Gasteiger partial charge in [-0.05, 0) is 12.1 Å². The summed E-state index contributed by atoms with van der Waals surface area (Å²) in [6.07, 6.45) is -7.21. The third kappa shape index (κ3) is 2.64. The Morgan fingerprint density at radius 3 is 2.29 bits per heavy atom. The van der Waals surface area contributed by atoms with Gasteiger partial charge in [0.25, 0.3) is 0 Å². The zero-order valence-corrected chi connectivity index (χ0v) is 8.12. The van der Waals surface area contributed by atoms with Crippen LogP contribution >= 0.6 is 0 Å². The van der Waals surface area contributed by atoms with Crippen LogP contribution in [0.15, 0.2) is 12.1 Å². The van der Waals surface area contributed by atoms with Gasteiger partial charge in [0.1, 0.15) is 0 Å². The largest absolute Gasteiger partial charge is 0.479 e. The molecule has 0 aliphatic carbocycles. The lowest BCUT2D eigenvalue weighted by molar-refractivity contribution is -0.147. The lowest BCUT2D eigenvalue weighted by atomic mass is 10.0. The van der Waals surface area contributed by atoms with Crippen molar-refractivity contribution in [3.05, 3.63) is 29.1 Å². The Hall–Kier alpha value is -1.83. The Morgan fingerprint density at radius 1 is 1.35 bits per heavy atom. The van der Waals surface area contributed by atoms with Crippen molar-refractivity contribution >= 4 is 11.7 Å². The third-order valence-electron chi connectivity index (χ3n) is 1.98. The molecular formula is C9H7F4NO3. The standard InChI is InChI=1S/C9H7F4NO3/c10-6-4(7(15)8(16)17)1-3(2-5(6)14)9(11,12)13/h1-2,7,15H,14H2,(H,16,17). The summed E-state index contributed by atoms with van der Waals surface area (Å²) in [5, 5.41) is 17.4. The molecule has 1 aromatic carbocycles. The van der Waals surface area contributed by atoms with E-state index in [9.17, 15) is 22.4 Å². The number of alkyl halides is 3. The molecule has 0 aliphatic heterocycles. The van der Waals surface area contributed by atoms with E-state index in [-0.39, 0.29) is 6.07 Å². The lowest BCUT2D eigenvalue weighted by Gasteiger charge is -2.13. The molecule has 4 N–H and O–H groups in total. The predicted molar refractivity (Wildman–Crippen MR) is 48.4 cm³/mol. The highest BCUT2D eigenvalue weighted by molar-refractivity contribution is 5.75. The van der Waals surface area contributed by atoms with Gasteiger partial charge in [-0.3, -0.25) is 0 Å². The average Bonchev–Trinajstić information content (AvgIpc) is 2.19. The number of aliphatic hydroxyl groups excluding tert-OH is 1. The van der Waals surface area contributed by atoms with E-state index >= 15 is 0 Å². The summed E-state index contributed by atoms with van der Waals surface area (Å²) < 4.78 is 50.3. The normalized spacial score (nSPS) is 13.5. The molecule has 0 spiro atoms. The minimum absolute atomic E-state index is 0.213. The van der Waals surface area contributed by atoms with E-state index in [0.29, 0.717) is 6.07 Å². The maximum atomic E-state index is 13.3. The van der Waals surface area contributed by atoms with Gasteiger partial charge in [-0.2, -0.15) is 13.2 Å². The van der Waals surface area contributed by atoms with E-state index < -0.39 is 40.9 Å². The fourth-order valence-electron chi connectivity index (χ4n) is 1.17. The molecule has 1 rings (SSSR count). The number of halogens is 4. The molecule has 4 nitrogen and oxygen atoms in total. The van der Waals surface area contributed by atoms with Crippen molar-refractivity contribution in [1.29, 1.82) is 0 Å². The van der Waals surface area contributed by atoms with Crippen molar-refractivity contribution in [2.45, 2.75) is 12.3 Å². The average molecular weight is 253 g/mol. The SMILES string of the molecule is Nc1cc(C(F)(F)F)cc(C(O)C(=O)O)c1F. The van der Waals surface area contributed by atoms with Gasteiger partial charge in [0, 0.05) is 5.56 Å². The van der Waals surface area contributed by atoms with Gasteiger partial charge in [0.05, 0.1) is 11.3 Å². The number of nitrogen functional groups attached to an aromatic ring is 1. The molecule has 1 atom stereocenters. The van der Waals surface area contributed by atoms with Gasteiger partial charge in [-0.15, -0.1) is 0 Å². The summed E-state index contributed by atoms with van der Waals surface area (Å²) in [6.45, 7) is 0. The van der Waals surface area contributed by atoms with E-state index in [1.165, 1.54) is 0 Å². The molecule has 0 radical (unpaired) electrons. The number of hydrogen-bond acceptors (Lipinski definition) is 3. The summed E-state index contributed by atoms with van der Waals surface area (Å²) in [5.74, 6) is -3.25. The molecule has 17 heavy (non-hydrogen) atoms. The summed E-state index contributed by atoms with van der Waals surface area (Å²) >= 11 is 0. The van der Waals surface area contributed by atoms with E-state index in [4.69, 9.17) is 15.9 Å². The van der Waals surface area contributed by atoms with Gasteiger partial charge < -0.3 is 15.9 Å². The number of nitrogens with two attached hydrogens (primary N) is 1. The fraction of sp³-hybridized carbons (Fsp3) is 0.222. The second-order valence-corrected chi connectivity index (χ2v) is 3.21. The van der Waals surface area contributed by atoms with Crippen LogP contribution in [-0.4, -0.2) is 16.2 Å². The Balaban J connectivity index is 3.40. The van der Waals surface area contributed by atoms with E-state index in [1.807, 2.05) is 0 Å². The van der Waals surface area contributed by atoms with E-state index in [2.05, 4.69) is 0 Å². The molecule has 0 fully saturated rings. The second kappa shape index (κ2) is 4.21. The number of aliphatic carboxylic acids is 1. The monoisotopic (exact) mass is 253 g/mol. The molecule has 0 amide bonds. The van der Waals surface area contributed by atoms with Crippen molar-refractivity contribution < 1.29 is 32.6 Å². The summed E-state index contributed by atoms with van der Waals surface area (Å²) in [6, 6.07) is 0.540. The summed E-state index contributed by atoms with van der Waals surface area (Å²) in [4.78, 5) is 10.4. The van der Waals surface area contributed by atoms with Crippen molar-refractivity contribution in [2.24, 2.45) is 0 Å². The quantitative estimate of drug-likeness (QED) is 0.551. The first-order valence-electron chi connectivity index (χ1n) is 4.21. The zero-order valence-electron chi connectivity index (χ0n) is 8.12. The molecule has 1 unspecified atom stereocenters. The van der Waals surface area contributed by atoms with Crippen LogP contribution in [0.4, 0.5) is 23.2 Å². The highest BCUT2D eigenvalue weighted by Gasteiger charge is 2.34. The fourth-order valence-corrected chi connectivity index (χ4v) is 1.17. The van der Waals surface area contributed by atoms with E-state index in [1.54, 1.807) is 0 Å². The molecule has 8 heteroatoms. The smallest absolute Gasteiger partial charge is 0.416 e. The van der Waals surface area contributed by atoms with Gasteiger partial charge in [-0.25, -0.2) is 9.18 Å². The second-order valence-electron chi connectivity index (χ2n) is 3.21. The van der Waals surface area contributed by atoms with Gasteiger partial charge >= 0.3 is 12.1 Å². The van der Waals surface area contributed by atoms with Crippen molar-refractivity contribution in [3.8, 4) is 0 Å². The first-order chi connectivity index (χ1) is 7.64. The summed E-state index contributed by atoms with van der Waals surface area (Å²) in [7, 11) is 0. The van der Waals surface area contributed by atoms with Crippen LogP contribution < -0.4 is 5.73 Å². The number of carbonyl (C=O) groups is 1. The van der Waals surface area contributed by atoms with Crippen LogP contribution in [0.25, 0.3) is 0 Å². The Bertz CT molecular complexity index is 458. The van der Waals surface area contributed by atoms with E-state index in [0.717, 1.165) is 0 Å².